The number of anilines is 1. The number of halogens is 1. The lowest BCUT2D eigenvalue weighted by molar-refractivity contribution is 0.191. The van der Waals surface area contributed by atoms with Crippen LogP contribution in [0.4, 0.5) is 10.1 Å². The van der Waals surface area contributed by atoms with Crippen molar-refractivity contribution in [3.63, 3.8) is 0 Å². The van der Waals surface area contributed by atoms with E-state index in [-0.39, 0.29) is 5.82 Å². The van der Waals surface area contributed by atoms with Gasteiger partial charge >= 0.3 is 0 Å². The van der Waals surface area contributed by atoms with Crippen molar-refractivity contribution >= 4 is 16.5 Å². The first-order valence-corrected chi connectivity index (χ1v) is 6.89. The largest absolute Gasteiger partial charge is 0.387 e. The Morgan fingerprint density at radius 3 is 2.43 bits per heavy atom. The fourth-order valence-electron chi connectivity index (χ4n) is 2.39. The normalized spacial score (nSPS) is 12.3. The van der Waals surface area contributed by atoms with Crippen LogP contribution in [0, 0.1) is 5.82 Å². The summed E-state index contributed by atoms with van der Waals surface area (Å²) in [5.41, 5.74) is 1.68. The summed E-state index contributed by atoms with van der Waals surface area (Å²) in [5, 5.41) is 15.7. The number of benzene rings is 3. The monoisotopic (exact) mass is 281 g/mol. The van der Waals surface area contributed by atoms with Gasteiger partial charge < -0.3 is 10.4 Å². The van der Waals surface area contributed by atoms with Crippen LogP contribution in [-0.4, -0.2) is 11.7 Å². The Morgan fingerprint density at radius 2 is 1.62 bits per heavy atom. The Bertz CT molecular complexity index is 734. The molecule has 2 nitrogen and oxygen atoms in total. The summed E-state index contributed by atoms with van der Waals surface area (Å²) in [5.74, 6) is -0.298. The SMILES string of the molecule is OC(CNc1cccc2ccccc12)c1ccc(F)cc1. The van der Waals surface area contributed by atoms with Gasteiger partial charge in [0.05, 0.1) is 6.10 Å². The molecule has 0 aliphatic rings. The standard InChI is InChI=1S/C18H16FNO/c19-15-10-8-14(9-11-15)18(21)12-20-17-7-3-5-13-4-1-2-6-16(13)17/h1-11,18,20-21H,12H2. The summed E-state index contributed by atoms with van der Waals surface area (Å²) in [4.78, 5) is 0. The zero-order chi connectivity index (χ0) is 14.7. The van der Waals surface area contributed by atoms with Gasteiger partial charge in [-0.1, -0.05) is 48.5 Å². The Balaban J connectivity index is 1.76. The second-order valence-corrected chi connectivity index (χ2v) is 4.97. The second-order valence-electron chi connectivity index (χ2n) is 4.97. The minimum atomic E-state index is -0.676. The van der Waals surface area contributed by atoms with Crippen LogP contribution in [0.3, 0.4) is 0 Å². The van der Waals surface area contributed by atoms with Crippen molar-refractivity contribution < 1.29 is 9.50 Å². The molecular formula is C18H16FNO. The van der Waals surface area contributed by atoms with Gasteiger partial charge in [-0.25, -0.2) is 4.39 Å². The molecule has 3 aromatic carbocycles. The minimum absolute atomic E-state index is 0.298. The zero-order valence-electron chi connectivity index (χ0n) is 11.5. The number of nitrogens with one attached hydrogen (secondary N) is 1. The maximum atomic E-state index is 12.9. The molecule has 3 heteroatoms. The van der Waals surface area contributed by atoms with E-state index in [1.165, 1.54) is 12.1 Å². The summed E-state index contributed by atoms with van der Waals surface area (Å²) < 4.78 is 12.9. The predicted octanol–water partition coefficient (Wildman–Crippen LogP) is 4.12. The van der Waals surface area contributed by atoms with Crippen molar-refractivity contribution in [2.75, 3.05) is 11.9 Å². The van der Waals surface area contributed by atoms with E-state index in [4.69, 9.17) is 0 Å². The summed E-state index contributed by atoms with van der Waals surface area (Å²) >= 11 is 0. The van der Waals surface area contributed by atoms with Gasteiger partial charge in [0.1, 0.15) is 5.82 Å². The van der Waals surface area contributed by atoms with Gasteiger partial charge in [0.2, 0.25) is 0 Å². The van der Waals surface area contributed by atoms with Crippen molar-refractivity contribution in [2.45, 2.75) is 6.10 Å². The molecule has 0 spiro atoms. The number of hydrogen-bond donors (Lipinski definition) is 2. The molecule has 0 radical (unpaired) electrons. The van der Waals surface area contributed by atoms with Gasteiger partial charge in [-0.05, 0) is 29.1 Å². The van der Waals surface area contributed by atoms with Crippen molar-refractivity contribution in [3.05, 3.63) is 78.1 Å². The van der Waals surface area contributed by atoms with E-state index in [0.717, 1.165) is 16.5 Å². The molecule has 0 aliphatic heterocycles. The van der Waals surface area contributed by atoms with Gasteiger partial charge in [0, 0.05) is 17.6 Å². The highest BCUT2D eigenvalue weighted by molar-refractivity contribution is 5.93. The van der Waals surface area contributed by atoms with E-state index < -0.39 is 6.10 Å². The van der Waals surface area contributed by atoms with Crippen LogP contribution in [0.15, 0.2) is 66.7 Å². The third-order valence-electron chi connectivity index (χ3n) is 3.53. The van der Waals surface area contributed by atoms with E-state index in [2.05, 4.69) is 17.4 Å². The van der Waals surface area contributed by atoms with Crippen molar-refractivity contribution in [1.29, 1.82) is 0 Å². The van der Waals surface area contributed by atoms with E-state index in [1.54, 1.807) is 12.1 Å². The van der Waals surface area contributed by atoms with Crippen molar-refractivity contribution in [3.8, 4) is 0 Å². The highest BCUT2D eigenvalue weighted by Gasteiger charge is 2.08. The molecule has 0 amide bonds. The minimum Gasteiger partial charge on any atom is -0.387 e. The summed E-state index contributed by atoms with van der Waals surface area (Å²) in [7, 11) is 0. The van der Waals surface area contributed by atoms with Gasteiger partial charge in [0.25, 0.3) is 0 Å². The van der Waals surface area contributed by atoms with Crippen LogP contribution in [0.5, 0.6) is 0 Å². The lowest BCUT2D eigenvalue weighted by Gasteiger charge is -2.14. The number of hydrogen-bond acceptors (Lipinski definition) is 2. The van der Waals surface area contributed by atoms with Crippen LogP contribution >= 0.6 is 0 Å². The molecule has 106 valence electrons. The summed E-state index contributed by atoms with van der Waals surface area (Å²) in [6, 6.07) is 20.0. The summed E-state index contributed by atoms with van der Waals surface area (Å²) in [6.45, 7) is 0.375. The Hall–Kier alpha value is -2.39. The highest BCUT2D eigenvalue weighted by Crippen LogP contribution is 2.24. The first-order chi connectivity index (χ1) is 10.2. The van der Waals surface area contributed by atoms with E-state index >= 15 is 0 Å². The molecule has 2 N–H and O–H groups in total. The van der Waals surface area contributed by atoms with Crippen LogP contribution in [0.1, 0.15) is 11.7 Å². The van der Waals surface area contributed by atoms with Crippen LogP contribution in [-0.2, 0) is 0 Å². The molecule has 0 heterocycles. The molecule has 0 bridgehead atoms. The molecule has 0 saturated carbocycles. The topological polar surface area (TPSA) is 32.3 Å². The second kappa shape index (κ2) is 5.94. The first-order valence-electron chi connectivity index (χ1n) is 6.89. The van der Waals surface area contributed by atoms with E-state index in [1.807, 2.05) is 30.3 Å². The Labute approximate surface area is 122 Å². The van der Waals surface area contributed by atoms with Gasteiger partial charge in [-0.2, -0.15) is 0 Å². The number of fused-ring (bicyclic) bond motifs is 1. The van der Waals surface area contributed by atoms with Crippen LogP contribution < -0.4 is 5.32 Å². The quantitative estimate of drug-likeness (QED) is 0.754. The zero-order valence-corrected chi connectivity index (χ0v) is 11.5. The van der Waals surface area contributed by atoms with Crippen LogP contribution in [0.2, 0.25) is 0 Å². The first kappa shape index (κ1) is 13.6. The van der Waals surface area contributed by atoms with Crippen LogP contribution in [0.25, 0.3) is 10.8 Å². The lowest BCUT2D eigenvalue weighted by atomic mass is 10.1. The molecule has 0 aliphatic carbocycles. The van der Waals surface area contributed by atoms with Crippen molar-refractivity contribution in [2.24, 2.45) is 0 Å². The molecule has 1 atom stereocenters. The molecule has 0 aromatic heterocycles. The predicted molar refractivity (Wildman–Crippen MR) is 83.8 cm³/mol. The fourth-order valence-corrected chi connectivity index (χ4v) is 2.39. The van der Waals surface area contributed by atoms with E-state index in [0.29, 0.717) is 12.1 Å². The highest BCUT2D eigenvalue weighted by atomic mass is 19.1. The maximum Gasteiger partial charge on any atom is 0.123 e. The lowest BCUT2D eigenvalue weighted by Crippen LogP contribution is -2.12. The Kier molecular flexibility index (Phi) is 3.84. The number of rotatable bonds is 4. The van der Waals surface area contributed by atoms with Gasteiger partial charge in [-0.3, -0.25) is 0 Å². The molecule has 1 unspecified atom stereocenters. The molecule has 3 rings (SSSR count). The van der Waals surface area contributed by atoms with Gasteiger partial charge in [-0.15, -0.1) is 0 Å². The third-order valence-corrected chi connectivity index (χ3v) is 3.53. The average Bonchev–Trinajstić information content (AvgIpc) is 2.53. The molecule has 21 heavy (non-hydrogen) atoms. The molecule has 3 aromatic rings. The maximum absolute atomic E-state index is 12.9. The van der Waals surface area contributed by atoms with E-state index in [9.17, 15) is 9.50 Å². The number of aliphatic hydroxyl groups excluding tert-OH is 1. The average molecular weight is 281 g/mol. The van der Waals surface area contributed by atoms with Crippen molar-refractivity contribution in [1.82, 2.24) is 0 Å². The third kappa shape index (κ3) is 3.03. The number of aliphatic hydroxyl groups is 1. The Morgan fingerprint density at radius 1 is 0.905 bits per heavy atom. The summed E-state index contributed by atoms with van der Waals surface area (Å²) in [6.07, 6.45) is -0.676. The molecule has 0 fully saturated rings. The molecular weight excluding hydrogens is 265 g/mol. The molecule has 0 saturated heterocycles. The smallest absolute Gasteiger partial charge is 0.123 e. The van der Waals surface area contributed by atoms with Gasteiger partial charge in [0.15, 0.2) is 0 Å². The fraction of sp³-hybridized carbons (Fsp3) is 0.111.